The molecule has 0 saturated carbocycles. The number of aromatic nitrogens is 1. The molecule has 0 atom stereocenters. The molecule has 0 radical (unpaired) electrons. The molecule has 0 fully saturated rings. The molecule has 20 heavy (non-hydrogen) atoms. The van der Waals surface area contributed by atoms with Gasteiger partial charge in [-0.2, -0.15) is 0 Å². The fourth-order valence-electron chi connectivity index (χ4n) is 3.49. The number of benzene rings is 1. The molecule has 0 bridgehead atoms. The fraction of sp³-hybridized carbons (Fsp3) is 0.412. The van der Waals surface area contributed by atoms with Crippen molar-refractivity contribution in [2.75, 3.05) is 13.1 Å². The summed E-state index contributed by atoms with van der Waals surface area (Å²) in [4.78, 5) is 6.22. The van der Waals surface area contributed by atoms with E-state index in [2.05, 4.69) is 41.2 Å². The number of hydrogen-bond acceptors (Lipinski definition) is 2. The highest BCUT2D eigenvalue weighted by molar-refractivity contribution is 7.17. The van der Waals surface area contributed by atoms with Gasteiger partial charge in [0.05, 0.1) is 0 Å². The lowest BCUT2D eigenvalue weighted by molar-refractivity contribution is 0.268. The topological polar surface area (TPSA) is 19.0 Å². The first kappa shape index (κ1) is 12.4. The van der Waals surface area contributed by atoms with Crippen molar-refractivity contribution in [2.24, 2.45) is 0 Å². The van der Waals surface area contributed by atoms with Crippen molar-refractivity contribution in [3.63, 3.8) is 0 Å². The zero-order valence-corrected chi connectivity index (χ0v) is 12.9. The monoisotopic (exact) mass is 284 g/mol. The third-order valence-electron chi connectivity index (χ3n) is 4.66. The molecule has 1 aliphatic heterocycles. The number of rotatable bonds is 2. The number of likely N-dealkylation sites (N-methyl/N-ethyl adjacent to an activating group) is 1. The van der Waals surface area contributed by atoms with Gasteiger partial charge in [0.25, 0.3) is 0 Å². The van der Waals surface area contributed by atoms with Crippen LogP contribution in [0, 0.1) is 0 Å². The normalized spacial score (nSPS) is 16.1. The molecule has 0 unspecified atom stereocenters. The van der Waals surface area contributed by atoms with Crippen molar-refractivity contribution >= 4 is 32.3 Å². The van der Waals surface area contributed by atoms with Crippen LogP contribution in [0.15, 0.2) is 17.5 Å². The summed E-state index contributed by atoms with van der Waals surface area (Å²) in [7, 11) is 0. The van der Waals surface area contributed by atoms with E-state index in [-0.39, 0.29) is 0 Å². The van der Waals surface area contributed by atoms with E-state index in [1.807, 2.05) is 11.3 Å². The molecule has 2 nitrogen and oxygen atoms in total. The average molecular weight is 284 g/mol. The van der Waals surface area contributed by atoms with Gasteiger partial charge in [-0.3, -0.25) is 4.90 Å². The van der Waals surface area contributed by atoms with Crippen molar-refractivity contribution in [3.05, 3.63) is 34.3 Å². The molecule has 1 N–H and O–H groups in total. The highest BCUT2D eigenvalue weighted by Gasteiger charge is 2.22. The standard InChI is InChI=1S/C17H20N2S/c1-3-11-10-20-15-6-5-14-17(16(11)15)12-9-19(4-2)8-7-13(12)18-14/h5-6,10,18H,3-4,7-9H2,1-2H3. The molecule has 3 heterocycles. The summed E-state index contributed by atoms with van der Waals surface area (Å²) >= 11 is 1.89. The van der Waals surface area contributed by atoms with Crippen LogP contribution in [-0.4, -0.2) is 23.0 Å². The van der Waals surface area contributed by atoms with Crippen LogP contribution in [-0.2, 0) is 19.4 Å². The molecule has 1 aliphatic rings. The molecular formula is C17H20N2S. The minimum absolute atomic E-state index is 1.10. The van der Waals surface area contributed by atoms with Crippen LogP contribution in [0.25, 0.3) is 21.0 Å². The maximum absolute atomic E-state index is 3.67. The molecule has 2 aromatic heterocycles. The minimum atomic E-state index is 1.10. The third kappa shape index (κ3) is 1.66. The SMILES string of the molecule is CCc1csc2ccc3[nH]c4c(c3c12)CN(CC)CC4. The summed E-state index contributed by atoms with van der Waals surface area (Å²) in [5.41, 5.74) is 5.84. The first-order valence-electron chi connectivity index (χ1n) is 7.56. The van der Waals surface area contributed by atoms with Gasteiger partial charge in [-0.05, 0) is 41.6 Å². The number of aromatic amines is 1. The van der Waals surface area contributed by atoms with E-state index >= 15 is 0 Å². The molecule has 4 rings (SSSR count). The second-order valence-electron chi connectivity index (χ2n) is 5.68. The van der Waals surface area contributed by atoms with E-state index in [4.69, 9.17) is 0 Å². The highest BCUT2D eigenvalue weighted by Crippen LogP contribution is 2.38. The van der Waals surface area contributed by atoms with E-state index < -0.39 is 0 Å². The van der Waals surface area contributed by atoms with Gasteiger partial charge in [0.2, 0.25) is 0 Å². The lowest BCUT2D eigenvalue weighted by Crippen LogP contribution is -2.29. The molecule has 3 aromatic rings. The van der Waals surface area contributed by atoms with Gasteiger partial charge in [0.15, 0.2) is 0 Å². The Labute approximate surface area is 123 Å². The zero-order valence-electron chi connectivity index (χ0n) is 12.1. The van der Waals surface area contributed by atoms with Crippen molar-refractivity contribution in [1.82, 2.24) is 9.88 Å². The van der Waals surface area contributed by atoms with Crippen LogP contribution in [0.4, 0.5) is 0 Å². The van der Waals surface area contributed by atoms with Crippen LogP contribution in [0.5, 0.6) is 0 Å². The van der Waals surface area contributed by atoms with Gasteiger partial charge < -0.3 is 4.98 Å². The van der Waals surface area contributed by atoms with E-state index in [0.29, 0.717) is 0 Å². The number of nitrogens with zero attached hydrogens (tertiary/aromatic N) is 1. The maximum Gasteiger partial charge on any atom is 0.0466 e. The van der Waals surface area contributed by atoms with Gasteiger partial charge in [-0.1, -0.05) is 13.8 Å². The predicted molar refractivity (Wildman–Crippen MR) is 87.7 cm³/mol. The van der Waals surface area contributed by atoms with Gasteiger partial charge >= 0.3 is 0 Å². The number of hydrogen-bond donors (Lipinski definition) is 1. The number of fused-ring (bicyclic) bond motifs is 5. The summed E-state index contributed by atoms with van der Waals surface area (Å²) in [6.45, 7) is 7.95. The van der Waals surface area contributed by atoms with Crippen LogP contribution in [0.3, 0.4) is 0 Å². The molecule has 0 saturated heterocycles. The third-order valence-corrected chi connectivity index (χ3v) is 5.65. The molecule has 0 spiro atoms. The largest absolute Gasteiger partial charge is 0.358 e. The summed E-state index contributed by atoms with van der Waals surface area (Å²) in [5, 5.41) is 5.34. The van der Waals surface area contributed by atoms with E-state index in [1.165, 1.54) is 38.8 Å². The number of nitrogens with one attached hydrogen (secondary N) is 1. The molecular weight excluding hydrogens is 264 g/mol. The van der Waals surface area contributed by atoms with E-state index in [9.17, 15) is 0 Å². The fourth-order valence-corrected chi connectivity index (χ4v) is 4.54. The Kier molecular flexibility index (Phi) is 2.86. The average Bonchev–Trinajstić information content (AvgIpc) is 3.06. The van der Waals surface area contributed by atoms with Crippen molar-refractivity contribution in [2.45, 2.75) is 33.2 Å². The molecule has 0 aliphatic carbocycles. The highest BCUT2D eigenvalue weighted by atomic mass is 32.1. The summed E-state index contributed by atoms with van der Waals surface area (Å²) in [6, 6.07) is 4.54. The summed E-state index contributed by atoms with van der Waals surface area (Å²) in [5.74, 6) is 0. The van der Waals surface area contributed by atoms with Gasteiger partial charge in [-0.25, -0.2) is 0 Å². The van der Waals surface area contributed by atoms with Crippen LogP contribution in [0.1, 0.15) is 30.7 Å². The Morgan fingerprint density at radius 1 is 1.25 bits per heavy atom. The first-order valence-corrected chi connectivity index (χ1v) is 8.44. The van der Waals surface area contributed by atoms with Crippen molar-refractivity contribution < 1.29 is 0 Å². The minimum Gasteiger partial charge on any atom is -0.358 e. The molecule has 0 amide bonds. The predicted octanol–water partition coefficient (Wildman–Crippen LogP) is 4.32. The van der Waals surface area contributed by atoms with Crippen molar-refractivity contribution in [3.8, 4) is 0 Å². The summed E-state index contributed by atoms with van der Waals surface area (Å²) in [6.07, 6.45) is 2.28. The van der Waals surface area contributed by atoms with Gasteiger partial charge in [0.1, 0.15) is 0 Å². The lowest BCUT2D eigenvalue weighted by Gasteiger charge is -2.25. The quantitative estimate of drug-likeness (QED) is 0.742. The number of thiophene rings is 1. The first-order chi connectivity index (χ1) is 9.81. The molecule has 1 aromatic carbocycles. The lowest BCUT2D eigenvalue weighted by atomic mass is 10.00. The summed E-state index contributed by atoms with van der Waals surface area (Å²) < 4.78 is 1.43. The van der Waals surface area contributed by atoms with E-state index in [0.717, 1.165) is 25.9 Å². The Morgan fingerprint density at radius 2 is 2.15 bits per heavy atom. The molecule has 104 valence electrons. The second-order valence-corrected chi connectivity index (χ2v) is 6.59. The van der Waals surface area contributed by atoms with Crippen LogP contribution in [0.2, 0.25) is 0 Å². The van der Waals surface area contributed by atoms with Gasteiger partial charge in [0, 0.05) is 46.2 Å². The number of H-pyrrole nitrogens is 1. The van der Waals surface area contributed by atoms with Crippen LogP contribution >= 0.6 is 11.3 Å². The Balaban J connectivity index is 2.05. The number of aryl methyl sites for hydroxylation is 1. The van der Waals surface area contributed by atoms with E-state index in [1.54, 1.807) is 5.56 Å². The molecule has 3 heteroatoms. The smallest absolute Gasteiger partial charge is 0.0466 e. The van der Waals surface area contributed by atoms with Crippen molar-refractivity contribution in [1.29, 1.82) is 0 Å². The Morgan fingerprint density at radius 3 is 2.95 bits per heavy atom. The Hall–Kier alpha value is -1.32. The van der Waals surface area contributed by atoms with Gasteiger partial charge in [-0.15, -0.1) is 11.3 Å². The van der Waals surface area contributed by atoms with Crippen LogP contribution < -0.4 is 0 Å². The zero-order chi connectivity index (χ0) is 13.7. The second kappa shape index (κ2) is 4.61. The Bertz CT molecular complexity index is 781. The maximum atomic E-state index is 3.67.